The molecule has 22 heavy (non-hydrogen) atoms. The van der Waals surface area contributed by atoms with Gasteiger partial charge in [0.25, 0.3) is 0 Å². The highest BCUT2D eigenvalue weighted by molar-refractivity contribution is 5.85. The third-order valence-electron chi connectivity index (χ3n) is 2.83. The molecular formula is C15H7F5O2. The van der Waals surface area contributed by atoms with E-state index in [4.69, 9.17) is 5.11 Å². The topological polar surface area (TPSA) is 37.3 Å². The lowest BCUT2D eigenvalue weighted by atomic mass is 10.0. The first kappa shape index (κ1) is 15.7. The molecule has 1 N–H and O–H groups in total. The van der Waals surface area contributed by atoms with Crippen LogP contribution in [0.5, 0.6) is 0 Å². The number of hydrogen-bond acceptors (Lipinski definition) is 1. The van der Waals surface area contributed by atoms with Gasteiger partial charge in [-0.3, -0.25) is 0 Å². The van der Waals surface area contributed by atoms with Crippen LogP contribution in [0.25, 0.3) is 17.2 Å². The molecule has 2 rings (SSSR count). The first-order valence-electron chi connectivity index (χ1n) is 5.85. The van der Waals surface area contributed by atoms with E-state index >= 15 is 0 Å². The number of carboxylic acids is 1. The molecule has 0 aliphatic carbocycles. The highest BCUT2D eigenvalue weighted by atomic mass is 19.2. The molecule has 7 heteroatoms. The fraction of sp³-hybridized carbons (Fsp3) is 0. The van der Waals surface area contributed by atoms with Crippen LogP contribution in [-0.4, -0.2) is 11.1 Å². The van der Waals surface area contributed by atoms with Crippen molar-refractivity contribution in [1.82, 2.24) is 0 Å². The second-order valence-electron chi connectivity index (χ2n) is 4.24. The number of aliphatic carboxylic acids is 1. The molecule has 0 atom stereocenters. The molecule has 114 valence electrons. The lowest BCUT2D eigenvalue weighted by Gasteiger charge is -2.08. The van der Waals surface area contributed by atoms with Crippen molar-refractivity contribution in [1.29, 1.82) is 0 Å². The van der Waals surface area contributed by atoms with Gasteiger partial charge in [-0.2, -0.15) is 0 Å². The fourth-order valence-electron chi connectivity index (χ4n) is 1.79. The number of carboxylic acid groups (broad SMARTS) is 1. The summed E-state index contributed by atoms with van der Waals surface area (Å²) in [5.74, 6) is -11.3. The Morgan fingerprint density at radius 3 is 1.73 bits per heavy atom. The Hall–Kier alpha value is -2.70. The summed E-state index contributed by atoms with van der Waals surface area (Å²) in [5.41, 5.74) is -0.875. The van der Waals surface area contributed by atoms with Crippen LogP contribution in [0.4, 0.5) is 22.0 Å². The summed E-state index contributed by atoms with van der Waals surface area (Å²) in [6, 6.07) is 4.82. The highest BCUT2D eigenvalue weighted by Crippen LogP contribution is 2.31. The van der Waals surface area contributed by atoms with E-state index in [0.717, 1.165) is 18.2 Å². The summed E-state index contributed by atoms with van der Waals surface area (Å²) < 4.78 is 66.5. The molecule has 0 amide bonds. The van der Waals surface area contributed by atoms with Gasteiger partial charge >= 0.3 is 5.97 Å². The van der Waals surface area contributed by atoms with Crippen molar-refractivity contribution >= 4 is 12.0 Å². The smallest absolute Gasteiger partial charge is 0.328 e. The van der Waals surface area contributed by atoms with Gasteiger partial charge in [-0.1, -0.05) is 24.3 Å². The average molecular weight is 314 g/mol. The summed E-state index contributed by atoms with van der Waals surface area (Å²) in [4.78, 5) is 10.4. The molecule has 2 nitrogen and oxygen atoms in total. The van der Waals surface area contributed by atoms with Crippen LogP contribution in [0.2, 0.25) is 0 Å². The SMILES string of the molecule is O=C(O)C=Cc1ccc(-c2c(F)c(F)c(F)c(F)c2F)cc1. The monoisotopic (exact) mass is 314 g/mol. The highest BCUT2D eigenvalue weighted by Gasteiger charge is 2.26. The van der Waals surface area contributed by atoms with Gasteiger partial charge in [-0.05, 0) is 17.2 Å². The largest absolute Gasteiger partial charge is 0.478 e. The molecule has 0 unspecified atom stereocenters. The van der Waals surface area contributed by atoms with E-state index in [-0.39, 0.29) is 5.56 Å². The summed E-state index contributed by atoms with van der Waals surface area (Å²) in [7, 11) is 0. The Morgan fingerprint density at radius 1 is 0.818 bits per heavy atom. The van der Waals surface area contributed by atoms with Gasteiger partial charge in [0.2, 0.25) is 5.82 Å². The molecular weight excluding hydrogens is 307 g/mol. The number of carbonyl (C=O) groups is 1. The van der Waals surface area contributed by atoms with Crippen molar-refractivity contribution in [2.45, 2.75) is 0 Å². The van der Waals surface area contributed by atoms with Gasteiger partial charge < -0.3 is 5.11 Å². The molecule has 0 radical (unpaired) electrons. The Morgan fingerprint density at radius 2 is 1.27 bits per heavy atom. The van der Waals surface area contributed by atoms with E-state index in [2.05, 4.69) is 0 Å². The maximum Gasteiger partial charge on any atom is 0.328 e. The zero-order valence-corrected chi connectivity index (χ0v) is 10.7. The van der Waals surface area contributed by atoms with Gasteiger partial charge in [0.15, 0.2) is 23.3 Å². The Balaban J connectivity index is 2.52. The van der Waals surface area contributed by atoms with Gasteiger partial charge in [-0.15, -0.1) is 0 Å². The van der Waals surface area contributed by atoms with Crippen LogP contribution in [0.3, 0.4) is 0 Å². The molecule has 0 spiro atoms. The molecule has 0 saturated heterocycles. The van der Waals surface area contributed by atoms with Crippen molar-refractivity contribution in [3.05, 3.63) is 65.0 Å². The van der Waals surface area contributed by atoms with Gasteiger partial charge in [0.1, 0.15) is 0 Å². The second kappa shape index (κ2) is 5.97. The molecule has 0 aromatic heterocycles. The lowest BCUT2D eigenvalue weighted by Crippen LogP contribution is -2.03. The minimum absolute atomic E-state index is 0.222. The van der Waals surface area contributed by atoms with Crippen LogP contribution in [0.1, 0.15) is 5.56 Å². The number of halogens is 5. The van der Waals surface area contributed by atoms with E-state index < -0.39 is 40.6 Å². The standard InChI is InChI=1S/C15H7F5O2/c16-11-10(12(17)14(19)15(20)13(11)18)8-4-1-7(2-5-8)3-6-9(21)22/h1-6H,(H,21,22). The van der Waals surface area contributed by atoms with E-state index in [1.165, 1.54) is 18.2 Å². The zero-order chi connectivity index (χ0) is 16.4. The van der Waals surface area contributed by atoms with Gasteiger partial charge in [0, 0.05) is 6.08 Å². The van der Waals surface area contributed by atoms with Crippen LogP contribution in [-0.2, 0) is 4.79 Å². The molecule has 2 aromatic rings. The maximum atomic E-state index is 13.6. The van der Waals surface area contributed by atoms with E-state index in [9.17, 15) is 26.7 Å². The number of hydrogen-bond donors (Lipinski definition) is 1. The molecule has 0 aliphatic rings. The Labute approximate surface area is 121 Å². The van der Waals surface area contributed by atoms with Crippen LogP contribution in [0.15, 0.2) is 30.3 Å². The van der Waals surface area contributed by atoms with E-state index in [1.807, 2.05) is 0 Å². The van der Waals surface area contributed by atoms with E-state index in [1.54, 1.807) is 0 Å². The van der Waals surface area contributed by atoms with Gasteiger partial charge in [0.05, 0.1) is 5.56 Å². The lowest BCUT2D eigenvalue weighted by molar-refractivity contribution is -0.131. The van der Waals surface area contributed by atoms with Crippen LogP contribution >= 0.6 is 0 Å². The molecule has 0 saturated carbocycles. The number of rotatable bonds is 3. The van der Waals surface area contributed by atoms with Crippen molar-refractivity contribution in [3.63, 3.8) is 0 Å². The third kappa shape index (κ3) is 2.83. The first-order chi connectivity index (χ1) is 10.3. The normalized spacial score (nSPS) is 11.1. The quantitative estimate of drug-likeness (QED) is 0.400. The molecule has 0 bridgehead atoms. The minimum atomic E-state index is -2.22. The molecule has 0 fully saturated rings. The zero-order valence-electron chi connectivity index (χ0n) is 10.7. The predicted molar refractivity (Wildman–Crippen MR) is 68.3 cm³/mol. The molecule has 2 aromatic carbocycles. The van der Waals surface area contributed by atoms with Crippen molar-refractivity contribution in [3.8, 4) is 11.1 Å². The molecule has 0 heterocycles. The van der Waals surface area contributed by atoms with Crippen LogP contribution < -0.4 is 0 Å². The van der Waals surface area contributed by atoms with E-state index in [0.29, 0.717) is 5.56 Å². The maximum absolute atomic E-state index is 13.6. The Kier molecular flexibility index (Phi) is 4.25. The number of benzene rings is 2. The predicted octanol–water partition coefficient (Wildman–Crippen LogP) is 4.15. The molecule has 0 aliphatic heterocycles. The Bertz CT molecular complexity index is 737. The van der Waals surface area contributed by atoms with Crippen LogP contribution in [0, 0.1) is 29.1 Å². The summed E-state index contributed by atoms with van der Waals surface area (Å²) in [6.07, 6.45) is 2.05. The minimum Gasteiger partial charge on any atom is -0.478 e. The third-order valence-corrected chi connectivity index (χ3v) is 2.83. The average Bonchev–Trinajstić information content (AvgIpc) is 2.50. The fourth-order valence-corrected chi connectivity index (χ4v) is 1.79. The second-order valence-corrected chi connectivity index (χ2v) is 4.24. The van der Waals surface area contributed by atoms with Gasteiger partial charge in [-0.25, -0.2) is 26.7 Å². The summed E-state index contributed by atoms with van der Waals surface area (Å²) >= 11 is 0. The first-order valence-corrected chi connectivity index (χ1v) is 5.85. The van der Waals surface area contributed by atoms with Crippen molar-refractivity contribution in [2.24, 2.45) is 0 Å². The summed E-state index contributed by atoms with van der Waals surface area (Å²) in [6.45, 7) is 0. The van der Waals surface area contributed by atoms with Crippen molar-refractivity contribution < 1.29 is 31.9 Å². The van der Waals surface area contributed by atoms with Crippen molar-refractivity contribution in [2.75, 3.05) is 0 Å². The summed E-state index contributed by atoms with van der Waals surface area (Å²) in [5, 5.41) is 8.46.